The van der Waals surface area contributed by atoms with E-state index in [1.165, 1.54) is 30.5 Å². The van der Waals surface area contributed by atoms with Crippen LogP contribution in [0.2, 0.25) is 0 Å². The van der Waals surface area contributed by atoms with E-state index in [1.54, 1.807) is 0 Å². The van der Waals surface area contributed by atoms with Gasteiger partial charge < -0.3 is 15.0 Å². The van der Waals surface area contributed by atoms with Crippen LogP contribution < -0.4 is 10.2 Å². The predicted octanol–water partition coefficient (Wildman–Crippen LogP) is 3.11. The Morgan fingerprint density at radius 1 is 1.25 bits per heavy atom. The molecule has 3 atom stereocenters. The molecule has 1 fully saturated rings. The van der Waals surface area contributed by atoms with Crippen LogP contribution in [-0.2, 0) is 4.74 Å². The second kappa shape index (κ2) is 6.15. The number of hydrogen-bond acceptors (Lipinski definition) is 3. The van der Waals surface area contributed by atoms with Crippen LogP contribution in [0, 0.1) is 0 Å². The van der Waals surface area contributed by atoms with E-state index in [0.29, 0.717) is 18.2 Å². The number of para-hydroxylation sites is 1. The lowest BCUT2D eigenvalue weighted by Gasteiger charge is -2.37. The van der Waals surface area contributed by atoms with Gasteiger partial charge in [-0.25, -0.2) is 0 Å². The predicted molar refractivity (Wildman–Crippen MR) is 83.3 cm³/mol. The van der Waals surface area contributed by atoms with Crippen LogP contribution in [-0.4, -0.2) is 31.8 Å². The Hall–Kier alpha value is -1.06. The molecule has 3 rings (SSSR count). The van der Waals surface area contributed by atoms with Crippen molar-refractivity contribution in [3.05, 3.63) is 29.8 Å². The van der Waals surface area contributed by atoms with Gasteiger partial charge in [-0.15, -0.1) is 0 Å². The molecular weight excluding hydrogens is 248 g/mol. The molecule has 2 aliphatic heterocycles. The summed E-state index contributed by atoms with van der Waals surface area (Å²) in [5.41, 5.74) is 2.85. The van der Waals surface area contributed by atoms with Crippen LogP contribution in [0.1, 0.15) is 44.7 Å². The van der Waals surface area contributed by atoms with Crippen LogP contribution in [0.15, 0.2) is 24.3 Å². The maximum atomic E-state index is 6.00. The van der Waals surface area contributed by atoms with E-state index in [0.717, 1.165) is 19.6 Å². The number of anilines is 1. The summed E-state index contributed by atoms with van der Waals surface area (Å²) in [6.07, 6.45) is 4.45. The second-order valence-corrected chi connectivity index (χ2v) is 6.05. The molecule has 0 spiro atoms. The van der Waals surface area contributed by atoms with Crippen molar-refractivity contribution >= 4 is 5.69 Å². The van der Waals surface area contributed by atoms with E-state index in [1.807, 2.05) is 0 Å². The molecule has 1 aromatic rings. The number of nitrogens with zero attached hydrogens (tertiary/aromatic N) is 1. The Kier molecular flexibility index (Phi) is 4.27. The topological polar surface area (TPSA) is 24.5 Å². The number of fused-ring (bicyclic) bond motifs is 1. The van der Waals surface area contributed by atoms with E-state index >= 15 is 0 Å². The monoisotopic (exact) mass is 274 g/mol. The summed E-state index contributed by atoms with van der Waals surface area (Å²) in [7, 11) is 0. The summed E-state index contributed by atoms with van der Waals surface area (Å²) in [6.45, 7) is 7.57. The Balaban J connectivity index is 1.74. The highest BCUT2D eigenvalue weighted by molar-refractivity contribution is 5.57. The Morgan fingerprint density at radius 2 is 2.10 bits per heavy atom. The first kappa shape index (κ1) is 13.9. The fourth-order valence-electron chi connectivity index (χ4n) is 3.54. The first-order valence-corrected chi connectivity index (χ1v) is 8.00. The second-order valence-electron chi connectivity index (χ2n) is 6.05. The fraction of sp³-hybridized carbons (Fsp3) is 0.647. The van der Waals surface area contributed by atoms with Crippen LogP contribution in [0.5, 0.6) is 0 Å². The first-order chi connectivity index (χ1) is 9.78. The summed E-state index contributed by atoms with van der Waals surface area (Å²) in [5.74, 6) is 0. The highest BCUT2D eigenvalue weighted by atomic mass is 16.5. The van der Waals surface area contributed by atoms with Crippen molar-refractivity contribution in [3.8, 4) is 0 Å². The third kappa shape index (κ3) is 2.84. The molecule has 20 heavy (non-hydrogen) atoms. The van der Waals surface area contributed by atoms with Crippen LogP contribution in [0.3, 0.4) is 0 Å². The van der Waals surface area contributed by atoms with Gasteiger partial charge in [-0.05, 0) is 44.4 Å². The minimum absolute atomic E-state index is 0.411. The van der Waals surface area contributed by atoms with Gasteiger partial charge in [-0.2, -0.15) is 0 Å². The van der Waals surface area contributed by atoms with Crippen molar-refractivity contribution in [3.63, 3.8) is 0 Å². The largest absolute Gasteiger partial charge is 0.373 e. The quantitative estimate of drug-likeness (QED) is 0.913. The van der Waals surface area contributed by atoms with Gasteiger partial charge in [0, 0.05) is 24.8 Å². The lowest BCUT2D eigenvalue weighted by Crippen LogP contribution is -2.40. The van der Waals surface area contributed by atoms with Gasteiger partial charge in [0.2, 0.25) is 0 Å². The molecule has 1 aromatic carbocycles. The Labute approximate surface area is 122 Å². The number of nitrogens with one attached hydrogen (secondary N) is 1. The zero-order valence-electron chi connectivity index (χ0n) is 12.6. The van der Waals surface area contributed by atoms with Crippen molar-refractivity contribution in [1.82, 2.24) is 5.32 Å². The molecule has 0 amide bonds. The van der Waals surface area contributed by atoms with Crippen molar-refractivity contribution in [2.24, 2.45) is 0 Å². The third-order valence-corrected chi connectivity index (χ3v) is 4.54. The highest BCUT2D eigenvalue weighted by Gasteiger charge is 2.28. The molecule has 0 aliphatic carbocycles. The molecule has 3 heteroatoms. The lowest BCUT2D eigenvalue weighted by molar-refractivity contribution is 0.0597. The Morgan fingerprint density at radius 3 is 2.85 bits per heavy atom. The fourth-order valence-corrected chi connectivity index (χ4v) is 3.54. The average Bonchev–Trinajstić information content (AvgIpc) is 2.87. The van der Waals surface area contributed by atoms with Crippen molar-refractivity contribution in [1.29, 1.82) is 0 Å². The van der Waals surface area contributed by atoms with E-state index in [9.17, 15) is 0 Å². The summed E-state index contributed by atoms with van der Waals surface area (Å²) in [5, 5.41) is 3.60. The van der Waals surface area contributed by atoms with Gasteiger partial charge in [-0.1, -0.05) is 25.1 Å². The van der Waals surface area contributed by atoms with Crippen LogP contribution in [0.4, 0.5) is 5.69 Å². The number of ether oxygens (including phenoxy) is 1. The highest BCUT2D eigenvalue weighted by Crippen LogP contribution is 2.34. The zero-order valence-corrected chi connectivity index (χ0v) is 12.6. The summed E-state index contributed by atoms with van der Waals surface area (Å²) >= 11 is 0. The standard InChI is InChI=1S/C17H26N2O/c1-3-18-16-10-11-19(12-14-9-8-13(2)20-14)17-7-5-4-6-15(16)17/h4-7,13-14,16,18H,3,8-12H2,1-2H3. The molecule has 2 aliphatic rings. The Bertz CT molecular complexity index is 448. The molecule has 0 radical (unpaired) electrons. The lowest BCUT2D eigenvalue weighted by atomic mass is 9.96. The maximum Gasteiger partial charge on any atom is 0.0754 e. The molecular formula is C17H26N2O. The van der Waals surface area contributed by atoms with Crippen molar-refractivity contribution in [2.45, 2.75) is 51.4 Å². The average molecular weight is 274 g/mol. The molecule has 1 N–H and O–H groups in total. The van der Waals surface area contributed by atoms with Crippen LogP contribution in [0.25, 0.3) is 0 Å². The van der Waals surface area contributed by atoms with E-state index in [2.05, 4.69) is 48.3 Å². The number of hydrogen-bond donors (Lipinski definition) is 1. The van der Waals surface area contributed by atoms with Gasteiger partial charge in [0.1, 0.15) is 0 Å². The molecule has 0 saturated carbocycles. The first-order valence-electron chi connectivity index (χ1n) is 8.00. The minimum atomic E-state index is 0.411. The SMILES string of the molecule is CCNC1CCN(CC2CCC(C)O2)c2ccccc21. The molecule has 3 nitrogen and oxygen atoms in total. The van der Waals surface area contributed by atoms with Gasteiger partial charge >= 0.3 is 0 Å². The molecule has 1 saturated heterocycles. The molecule has 3 unspecified atom stereocenters. The normalized spacial score (nSPS) is 29.5. The summed E-state index contributed by atoms with van der Waals surface area (Å²) in [4.78, 5) is 2.52. The van der Waals surface area contributed by atoms with Gasteiger partial charge in [0.05, 0.1) is 12.2 Å². The van der Waals surface area contributed by atoms with Crippen molar-refractivity contribution < 1.29 is 4.74 Å². The van der Waals surface area contributed by atoms with Crippen molar-refractivity contribution in [2.75, 3.05) is 24.5 Å². The van der Waals surface area contributed by atoms with Gasteiger partial charge in [-0.3, -0.25) is 0 Å². The van der Waals surface area contributed by atoms with Crippen LogP contribution >= 0.6 is 0 Å². The number of rotatable bonds is 4. The summed E-state index contributed by atoms with van der Waals surface area (Å²) in [6, 6.07) is 9.35. The molecule has 0 bridgehead atoms. The number of benzene rings is 1. The summed E-state index contributed by atoms with van der Waals surface area (Å²) < 4.78 is 6.00. The molecule has 0 aromatic heterocycles. The van der Waals surface area contributed by atoms with Gasteiger partial charge in [0.25, 0.3) is 0 Å². The van der Waals surface area contributed by atoms with E-state index in [-0.39, 0.29) is 0 Å². The molecule has 110 valence electrons. The molecule has 2 heterocycles. The maximum absolute atomic E-state index is 6.00. The van der Waals surface area contributed by atoms with Gasteiger partial charge in [0.15, 0.2) is 0 Å². The van der Waals surface area contributed by atoms with E-state index < -0.39 is 0 Å². The minimum Gasteiger partial charge on any atom is -0.373 e. The zero-order chi connectivity index (χ0) is 13.9. The van der Waals surface area contributed by atoms with E-state index in [4.69, 9.17) is 4.74 Å². The third-order valence-electron chi connectivity index (χ3n) is 4.54. The smallest absolute Gasteiger partial charge is 0.0754 e.